The molecule has 1 atom stereocenters. The third-order valence-electron chi connectivity index (χ3n) is 2.91. The number of rotatable bonds is 8. The van der Waals surface area contributed by atoms with Gasteiger partial charge in [0.25, 0.3) is 0 Å². The number of alkyl halides is 1. The fourth-order valence-electron chi connectivity index (χ4n) is 1.85. The normalized spacial score (nSPS) is 11.8. The fourth-order valence-corrected chi connectivity index (χ4v) is 2.17. The number of carbonyl (C=O) groups excluding carboxylic acids is 1. The quantitative estimate of drug-likeness (QED) is 0.583. The number of methoxy groups -OCH3 is 2. The Morgan fingerprint density at radius 2 is 2.00 bits per heavy atom. The Hall–Kier alpha value is -1.23. The average Bonchev–Trinajstić information content (AvgIpc) is 2.43. The summed E-state index contributed by atoms with van der Waals surface area (Å²) in [6.07, 6.45) is 2.38. The maximum Gasteiger partial charge on any atom is 0.224 e. The summed E-state index contributed by atoms with van der Waals surface area (Å²) in [4.78, 5) is 12.3. The van der Waals surface area contributed by atoms with E-state index in [1.165, 1.54) is 0 Å². The molecule has 0 saturated carbocycles. The topological polar surface area (TPSA) is 47.6 Å². The highest BCUT2D eigenvalue weighted by atomic mass is 79.9. The maximum atomic E-state index is 11.8. The Labute approximate surface area is 129 Å². The zero-order valence-corrected chi connectivity index (χ0v) is 13.8. The molecule has 0 aliphatic rings. The van der Waals surface area contributed by atoms with Crippen molar-refractivity contribution in [1.29, 1.82) is 0 Å². The summed E-state index contributed by atoms with van der Waals surface area (Å²) in [6.45, 7) is 2.81. The second-order valence-corrected chi connectivity index (χ2v) is 6.20. The lowest BCUT2D eigenvalue weighted by molar-refractivity contribution is -0.120. The Kier molecular flexibility index (Phi) is 7.44. The van der Waals surface area contributed by atoms with Gasteiger partial charge in [0.15, 0.2) is 11.5 Å². The van der Waals surface area contributed by atoms with Gasteiger partial charge < -0.3 is 14.8 Å². The smallest absolute Gasteiger partial charge is 0.224 e. The van der Waals surface area contributed by atoms with Crippen LogP contribution in [0.1, 0.15) is 25.3 Å². The Morgan fingerprint density at radius 1 is 1.30 bits per heavy atom. The van der Waals surface area contributed by atoms with Crippen LogP contribution < -0.4 is 14.8 Å². The van der Waals surface area contributed by atoms with Gasteiger partial charge in [-0.3, -0.25) is 4.79 Å². The van der Waals surface area contributed by atoms with Crippen molar-refractivity contribution in [3.8, 4) is 11.5 Å². The zero-order valence-electron chi connectivity index (χ0n) is 12.2. The summed E-state index contributed by atoms with van der Waals surface area (Å²) in [6, 6.07) is 5.52. The summed E-state index contributed by atoms with van der Waals surface area (Å²) in [7, 11) is 3.18. The summed E-state index contributed by atoms with van der Waals surface area (Å²) in [5, 5.41) is 2.92. The van der Waals surface area contributed by atoms with E-state index >= 15 is 0 Å². The van der Waals surface area contributed by atoms with E-state index in [0.29, 0.717) is 29.3 Å². The van der Waals surface area contributed by atoms with Crippen molar-refractivity contribution < 1.29 is 14.3 Å². The minimum Gasteiger partial charge on any atom is -0.493 e. The van der Waals surface area contributed by atoms with Crippen LogP contribution in [0, 0.1) is 0 Å². The highest BCUT2D eigenvalue weighted by Crippen LogP contribution is 2.27. The van der Waals surface area contributed by atoms with E-state index in [-0.39, 0.29) is 5.91 Å². The standard InChI is InChI=1S/C15H22BrNO3/c1-11(16)5-4-8-17-15(18)10-12-6-7-13(19-2)14(9-12)20-3/h6-7,9,11H,4-5,8,10H2,1-3H3,(H,17,18). The van der Waals surface area contributed by atoms with Gasteiger partial charge >= 0.3 is 0 Å². The molecule has 5 heteroatoms. The monoisotopic (exact) mass is 343 g/mol. The molecule has 1 unspecified atom stereocenters. The minimum atomic E-state index is 0.0273. The number of nitrogens with one attached hydrogen (secondary N) is 1. The number of hydrogen-bond donors (Lipinski definition) is 1. The number of halogens is 1. The van der Waals surface area contributed by atoms with Crippen molar-refractivity contribution in [2.45, 2.75) is 31.0 Å². The third kappa shape index (κ3) is 5.82. The Morgan fingerprint density at radius 3 is 2.60 bits per heavy atom. The van der Waals surface area contributed by atoms with E-state index in [2.05, 4.69) is 28.2 Å². The molecule has 0 aliphatic heterocycles. The van der Waals surface area contributed by atoms with Crippen LogP contribution >= 0.6 is 15.9 Å². The minimum absolute atomic E-state index is 0.0273. The van der Waals surface area contributed by atoms with Gasteiger partial charge in [0.1, 0.15) is 0 Å². The van der Waals surface area contributed by atoms with Crippen molar-refractivity contribution in [2.75, 3.05) is 20.8 Å². The number of hydrogen-bond acceptors (Lipinski definition) is 3. The molecular formula is C15H22BrNO3. The molecule has 0 aliphatic carbocycles. The second kappa shape index (κ2) is 8.84. The molecule has 20 heavy (non-hydrogen) atoms. The summed E-state index contributed by atoms with van der Waals surface area (Å²) < 4.78 is 10.4. The van der Waals surface area contributed by atoms with E-state index in [0.717, 1.165) is 18.4 Å². The predicted molar refractivity (Wildman–Crippen MR) is 83.9 cm³/mol. The van der Waals surface area contributed by atoms with Crippen LogP contribution in [-0.2, 0) is 11.2 Å². The van der Waals surface area contributed by atoms with E-state index in [4.69, 9.17) is 9.47 Å². The van der Waals surface area contributed by atoms with Gasteiger partial charge in [0, 0.05) is 11.4 Å². The molecule has 112 valence electrons. The van der Waals surface area contributed by atoms with Crippen molar-refractivity contribution in [2.24, 2.45) is 0 Å². The third-order valence-corrected chi connectivity index (χ3v) is 3.37. The fraction of sp³-hybridized carbons (Fsp3) is 0.533. The van der Waals surface area contributed by atoms with Gasteiger partial charge in [-0.1, -0.05) is 28.9 Å². The molecule has 0 radical (unpaired) electrons. The van der Waals surface area contributed by atoms with Gasteiger partial charge in [-0.05, 0) is 30.5 Å². The lowest BCUT2D eigenvalue weighted by atomic mass is 10.1. The van der Waals surface area contributed by atoms with E-state index in [1.54, 1.807) is 14.2 Å². The first-order valence-electron chi connectivity index (χ1n) is 6.68. The van der Waals surface area contributed by atoms with Gasteiger partial charge in [0.05, 0.1) is 20.6 Å². The molecule has 0 fully saturated rings. The lowest BCUT2D eigenvalue weighted by Crippen LogP contribution is -2.26. The molecular weight excluding hydrogens is 322 g/mol. The Balaban J connectivity index is 2.45. The van der Waals surface area contributed by atoms with E-state index < -0.39 is 0 Å². The van der Waals surface area contributed by atoms with Gasteiger partial charge in [-0.2, -0.15) is 0 Å². The van der Waals surface area contributed by atoms with E-state index in [1.807, 2.05) is 18.2 Å². The molecule has 1 aromatic rings. The van der Waals surface area contributed by atoms with Gasteiger partial charge in [-0.25, -0.2) is 0 Å². The highest BCUT2D eigenvalue weighted by molar-refractivity contribution is 9.09. The molecule has 1 N–H and O–H groups in total. The summed E-state index contributed by atoms with van der Waals surface area (Å²) in [5.74, 6) is 1.34. The molecule has 0 spiro atoms. The number of ether oxygens (including phenoxy) is 2. The SMILES string of the molecule is COc1ccc(CC(=O)NCCCC(C)Br)cc1OC. The lowest BCUT2D eigenvalue weighted by Gasteiger charge is -2.10. The van der Waals surface area contributed by atoms with Crippen LogP contribution in [0.5, 0.6) is 11.5 Å². The van der Waals surface area contributed by atoms with Crippen LogP contribution in [0.15, 0.2) is 18.2 Å². The van der Waals surface area contributed by atoms with Crippen LogP contribution in [0.25, 0.3) is 0 Å². The van der Waals surface area contributed by atoms with Crippen molar-refractivity contribution in [3.05, 3.63) is 23.8 Å². The van der Waals surface area contributed by atoms with Gasteiger partial charge in [-0.15, -0.1) is 0 Å². The largest absolute Gasteiger partial charge is 0.493 e. The first-order valence-corrected chi connectivity index (χ1v) is 7.60. The molecule has 0 aromatic heterocycles. The van der Waals surface area contributed by atoms with Crippen molar-refractivity contribution in [3.63, 3.8) is 0 Å². The average molecular weight is 344 g/mol. The summed E-state index contributed by atoms with van der Waals surface area (Å²) >= 11 is 3.49. The van der Waals surface area contributed by atoms with Crippen LogP contribution in [0.3, 0.4) is 0 Å². The molecule has 0 saturated heterocycles. The van der Waals surface area contributed by atoms with E-state index in [9.17, 15) is 4.79 Å². The van der Waals surface area contributed by atoms with Crippen LogP contribution in [0.4, 0.5) is 0 Å². The van der Waals surface area contributed by atoms with Crippen molar-refractivity contribution in [1.82, 2.24) is 5.32 Å². The van der Waals surface area contributed by atoms with Crippen molar-refractivity contribution >= 4 is 21.8 Å². The van der Waals surface area contributed by atoms with Crippen LogP contribution in [0.2, 0.25) is 0 Å². The Bertz CT molecular complexity index is 435. The molecule has 1 amide bonds. The number of amides is 1. The predicted octanol–water partition coefficient (Wildman–Crippen LogP) is 2.93. The maximum absolute atomic E-state index is 11.8. The first-order chi connectivity index (χ1) is 9.56. The molecule has 1 aromatic carbocycles. The molecule has 1 rings (SSSR count). The highest BCUT2D eigenvalue weighted by Gasteiger charge is 2.08. The zero-order chi connectivity index (χ0) is 15.0. The van der Waals surface area contributed by atoms with Crippen LogP contribution in [-0.4, -0.2) is 31.5 Å². The molecule has 4 nitrogen and oxygen atoms in total. The number of benzene rings is 1. The molecule has 0 bridgehead atoms. The second-order valence-electron chi connectivity index (χ2n) is 4.64. The number of carbonyl (C=O) groups is 1. The first kappa shape index (κ1) is 16.8. The summed E-state index contributed by atoms with van der Waals surface area (Å²) in [5.41, 5.74) is 0.911. The van der Waals surface area contributed by atoms with Gasteiger partial charge in [0.2, 0.25) is 5.91 Å². The molecule has 0 heterocycles.